The fourth-order valence-electron chi connectivity index (χ4n) is 1.40. The average Bonchev–Trinajstić information content (AvgIpc) is 2.82. The number of thiazole rings is 1. The molecule has 0 aromatic carbocycles. The van der Waals surface area contributed by atoms with Crippen LogP contribution in [-0.4, -0.2) is 26.8 Å². The number of hydrogen-bond acceptors (Lipinski definition) is 6. The third-order valence-corrected chi connectivity index (χ3v) is 2.88. The Hall–Kier alpha value is -1.63. The van der Waals surface area contributed by atoms with Gasteiger partial charge in [0, 0.05) is 7.05 Å². The fourth-order valence-corrected chi connectivity index (χ4v) is 2.08. The lowest BCUT2D eigenvalue weighted by Crippen LogP contribution is -2.14. The summed E-state index contributed by atoms with van der Waals surface area (Å²) in [6.45, 7) is 0.780. The third kappa shape index (κ3) is 0.925. The van der Waals surface area contributed by atoms with Gasteiger partial charge in [0.05, 0.1) is 16.9 Å². The van der Waals surface area contributed by atoms with Crippen LogP contribution in [0.3, 0.4) is 0 Å². The van der Waals surface area contributed by atoms with Gasteiger partial charge >= 0.3 is 0 Å². The topological polar surface area (TPSA) is 67.7 Å². The van der Waals surface area contributed by atoms with Crippen molar-refractivity contribution in [3.63, 3.8) is 0 Å². The predicted octanol–water partition coefficient (Wildman–Crippen LogP) is 0.691. The van der Waals surface area contributed by atoms with E-state index in [1.54, 1.807) is 23.1 Å². The van der Waals surface area contributed by atoms with E-state index in [4.69, 9.17) is 0 Å². The summed E-state index contributed by atoms with van der Waals surface area (Å²) in [7, 11) is 1.79. The van der Waals surface area contributed by atoms with Crippen LogP contribution >= 0.6 is 11.3 Å². The molecule has 6 nitrogen and oxygen atoms in total. The van der Waals surface area contributed by atoms with Crippen LogP contribution in [0.5, 0.6) is 0 Å². The highest BCUT2D eigenvalue weighted by Crippen LogP contribution is 2.26. The number of hydrogen-bond donors (Lipinski definition) is 2. The second-order valence-corrected chi connectivity index (χ2v) is 3.81. The van der Waals surface area contributed by atoms with Gasteiger partial charge in [-0.3, -0.25) is 0 Å². The predicted molar refractivity (Wildman–Crippen MR) is 53.9 cm³/mol. The highest BCUT2D eigenvalue weighted by Gasteiger charge is 2.20. The van der Waals surface area contributed by atoms with Crippen molar-refractivity contribution >= 4 is 23.2 Å². The lowest BCUT2D eigenvalue weighted by atomic mass is 10.4. The highest BCUT2D eigenvalue weighted by molar-refractivity contribution is 7.10. The van der Waals surface area contributed by atoms with Crippen molar-refractivity contribution in [1.29, 1.82) is 0 Å². The molecule has 1 aliphatic rings. The Balaban J connectivity index is 2.20. The molecule has 72 valence electrons. The molecule has 0 saturated carbocycles. The van der Waals surface area contributed by atoms with Gasteiger partial charge in [0.1, 0.15) is 0 Å². The van der Waals surface area contributed by atoms with E-state index in [-0.39, 0.29) is 0 Å². The molecule has 2 aromatic heterocycles. The summed E-state index contributed by atoms with van der Waals surface area (Å²) in [5.41, 5.74) is 1.82. The van der Waals surface area contributed by atoms with E-state index in [2.05, 4.69) is 25.7 Å². The van der Waals surface area contributed by atoms with Crippen LogP contribution in [0.2, 0.25) is 0 Å². The largest absolute Gasteiger partial charge is 0.356 e. The Morgan fingerprint density at radius 1 is 1.64 bits per heavy atom. The van der Waals surface area contributed by atoms with Crippen molar-refractivity contribution < 1.29 is 0 Å². The maximum absolute atomic E-state index is 4.26. The summed E-state index contributed by atoms with van der Waals surface area (Å²) in [5, 5.41) is 10.3. The minimum absolute atomic E-state index is 0.605. The van der Waals surface area contributed by atoms with Gasteiger partial charge in [-0.15, -0.1) is 16.4 Å². The maximum Gasteiger partial charge on any atom is 0.244 e. The van der Waals surface area contributed by atoms with Gasteiger partial charge in [0.15, 0.2) is 5.82 Å². The lowest BCUT2D eigenvalue weighted by molar-refractivity contribution is 0.816. The van der Waals surface area contributed by atoms with E-state index in [0.29, 0.717) is 5.95 Å². The molecule has 7 heteroatoms. The first-order chi connectivity index (χ1) is 6.88. The highest BCUT2D eigenvalue weighted by atomic mass is 32.1. The van der Waals surface area contributed by atoms with Crippen LogP contribution in [0.1, 0.15) is 4.88 Å². The number of aromatic nitrogens is 4. The Kier molecular flexibility index (Phi) is 1.48. The summed E-state index contributed by atoms with van der Waals surface area (Å²) in [6, 6.07) is 0. The molecular weight excluding hydrogens is 200 g/mol. The fraction of sp³-hybridized carbons (Fsp3) is 0.286. The van der Waals surface area contributed by atoms with Crippen LogP contribution in [0, 0.1) is 0 Å². The summed E-state index contributed by atoms with van der Waals surface area (Å²) < 4.78 is 1.72. The van der Waals surface area contributed by atoms with E-state index < -0.39 is 0 Å². The maximum atomic E-state index is 4.26. The number of nitrogens with zero attached hydrogens (tertiary/aromatic N) is 4. The van der Waals surface area contributed by atoms with Crippen molar-refractivity contribution in [1.82, 2.24) is 19.7 Å². The van der Waals surface area contributed by atoms with Crippen molar-refractivity contribution in [2.75, 3.05) is 17.7 Å². The Morgan fingerprint density at radius 3 is 3.43 bits per heavy atom. The Bertz CT molecular complexity index is 472. The average molecular weight is 208 g/mol. The zero-order valence-electron chi connectivity index (χ0n) is 7.48. The Labute approximate surface area is 84.0 Å². The number of fused-ring (bicyclic) bond motifs is 3. The van der Waals surface area contributed by atoms with Crippen LogP contribution < -0.4 is 10.6 Å². The molecule has 0 atom stereocenters. The molecule has 14 heavy (non-hydrogen) atoms. The number of anilines is 2. The Morgan fingerprint density at radius 2 is 2.57 bits per heavy atom. The van der Waals surface area contributed by atoms with Crippen LogP contribution in [0.25, 0.3) is 5.82 Å². The minimum Gasteiger partial charge on any atom is -0.356 e. The van der Waals surface area contributed by atoms with Gasteiger partial charge in [0.2, 0.25) is 11.9 Å². The minimum atomic E-state index is 0.605. The molecule has 0 aliphatic carbocycles. The first-order valence-corrected chi connectivity index (χ1v) is 5.08. The molecule has 3 rings (SSSR count). The summed E-state index contributed by atoms with van der Waals surface area (Å²) >= 11 is 1.62. The molecule has 0 fully saturated rings. The molecule has 0 radical (unpaired) electrons. The smallest absolute Gasteiger partial charge is 0.244 e. The first kappa shape index (κ1) is 7.74. The molecule has 2 N–H and O–H groups in total. The number of nitrogens with one attached hydrogen (secondary N) is 2. The van der Waals surface area contributed by atoms with Crippen molar-refractivity contribution in [2.45, 2.75) is 6.54 Å². The van der Waals surface area contributed by atoms with Crippen LogP contribution in [-0.2, 0) is 6.54 Å². The van der Waals surface area contributed by atoms with Gasteiger partial charge < -0.3 is 10.6 Å². The van der Waals surface area contributed by atoms with Crippen molar-refractivity contribution in [3.05, 3.63) is 10.4 Å². The van der Waals surface area contributed by atoms with E-state index in [9.17, 15) is 0 Å². The summed E-state index contributed by atoms with van der Waals surface area (Å²) in [6.07, 6.45) is 0. The van der Waals surface area contributed by atoms with E-state index in [1.165, 1.54) is 4.88 Å². The quantitative estimate of drug-likeness (QED) is 0.721. The van der Waals surface area contributed by atoms with Gasteiger partial charge in [-0.05, 0) is 0 Å². The van der Waals surface area contributed by atoms with Crippen molar-refractivity contribution in [3.8, 4) is 5.82 Å². The van der Waals surface area contributed by atoms with Gasteiger partial charge in [0.25, 0.3) is 0 Å². The molecule has 0 saturated heterocycles. The SMILES string of the molecule is CNc1nc2n(n1)-c1ncsc1CN2. The molecule has 2 aromatic rings. The molecular formula is C7H8N6S. The molecule has 0 bridgehead atoms. The first-order valence-electron chi connectivity index (χ1n) is 4.20. The molecule has 3 heterocycles. The third-order valence-electron chi connectivity index (χ3n) is 2.06. The van der Waals surface area contributed by atoms with E-state index in [0.717, 1.165) is 18.3 Å². The zero-order valence-corrected chi connectivity index (χ0v) is 8.30. The monoisotopic (exact) mass is 208 g/mol. The molecule has 0 unspecified atom stereocenters. The molecule has 0 amide bonds. The molecule has 1 aliphatic heterocycles. The van der Waals surface area contributed by atoms with E-state index >= 15 is 0 Å². The van der Waals surface area contributed by atoms with Crippen LogP contribution in [0.15, 0.2) is 5.51 Å². The zero-order chi connectivity index (χ0) is 9.54. The van der Waals surface area contributed by atoms with Gasteiger partial charge in [-0.2, -0.15) is 9.67 Å². The second-order valence-electron chi connectivity index (χ2n) is 2.87. The summed E-state index contributed by atoms with van der Waals surface area (Å²) in [4.78, 5) is 9.68. The van der Waals surface area contributed by atoms with Gasteiger partial charge in [-0.25, -0.2) is 4.98 Å². The van der Waals surface area contributed by atoms with Crippen molar-refractivity contribution in [2.24, 2.45) is 0 Å². The number of rotatable bonds is 1. The normalized spacial score (nSPS) is 12.9. The van der Waals surface area contributed by atoms with E-state index in [1.807, 2.05) is 5.51 Å². The standard InChI is InChI=1S/C7H8N6S/c1-8-6-11-7-9-2-4-5(10-3-14-4)13(7)12-6/h3H,2H2,1H3,(H2,8,9,11,12). The molecule has 0 spiro atoms. The van der Waals surface area contributed by atoms with Crippen LogP contribution in [0.4, 0.5) is 11.9 Å². The summed E-state index contributed by atoms with van der Waals surface area (Å²) in [5.74, 6) is 2.24. The van der Waals surface area contributed by atoms with Gasteiger partial charge in [-0.1, -0.05) is 0 Å². The lowest BCUT2D eigenvalue weighted by Gasteiger charge is -2.11. The second kappa shape index (κ2) is 2.68.